The number of rotatable bonds is 8. The third-order valence-electron chi connectivity index (χ3n) is 4.09. The monoisotopic (exact) mass is 402 g/mol. The van der Waals surface area contributed by atoms with Gasteiger partial charge in [0.2, 0.25) is 5.25 Å². The highest BCUT2D eigenvalue weighted by molar-refractivity contribution is 8.01. The van der Waals surface area contributed by atoms with Crippen LogP contribution in [-0.2, 0) is 25.6 Å². The third-order valence-corrected chi connectivity index (χ3v) is 5.22. The number of hydrogen-bond acceptors (Lipinski definition) is 7. The maximum atomic E-state index is 12.3. The minimum absolute atomic E-state index is 0.177. The summed E-state index contributed by atoms with van der Waals surface area (Å²) in [6, 6.07) is 7.90. The zero-order chi connectivity index (χ0) is 20.1. The molecule has 0 bridgehead atoms. The Morgan fingerprint density at radius 1 is 1.11 bits per heavy atom. The molecule has 0 atom stereocenters. The predicted molar refractivity (Wildman–Crippen MR) is 106 cm³/mol. The SMILES string of the molecule is CCOC(=O)C(Sc1nnc(-c2c[nH]c3ccccc23)n1CC)C(=O)OCC. The molecule has 9 heteroatoms. The minimum Gasteiger partial charge on any atom is -0.465 e. The predicted octanol–water partition coefficient (Wildman–Crippen LogP) is 3.03. The number of ether oxygens (including phenoxy) is 2. The highest BCUT2D eigenvalue weighted by atomic mass is 32.2. The van der Waals surface area contributed by atoms with Crippen LogP contribution in [0.4, 0.5) is 0 Å². The molecule has 0 saturated carbocycles. The van der Waals surface area contributed by atoms with E-state index in [1.807, 2.05) is 42.0 Å². The van der Waals surface area contributed by atoms with E-state index >= 15 is 0 Å². The molecule has 0 aliphatic rings. The van der Waals surface area contributed by atoms with Crippen molar-refractivity contribution >= 4 is 34.6 Å². The van der Waals surface area contributed by atoms with E-state index in [-0.39, 0.29) is 13.2 Å². The molecule has 0 amide bonds. The smallest absolute Gasteiger partial charge is 0.331 e. The summed E-state index contributed by atoms with van der Waals surface area (Å²) in [4.78, 5) is 27.8. The first kappa shape index (κ1) is 19.9. The Morgan fingerprint density at radius 3 is 2.43 bits per heavy atom. The molecule has 2 heterocycles. The highest BCUT2D eigenvalue weighted by Gasteiger charge is 2.33. The van der Waals surface area contributed by atoms with Crippen LogP contribution in [0.1, 0.15) is 20.8 Å². The van der Waals surface area contributed by atoms with E-state index in [4.69, 9.17) is 9.47 Å². The maximum absolute atomic E-state index is 12.3. The van der Waals surface area contributed by atoms with Gasteiger partial charge < -0.3 is 19.0 Å². The maximum Gasteiger partial charge on any atom is 0.331 e. The van der Waals surface area contributed by atoms with Crippen LogP contribution in [0.2, 0.25) is 0 Å². The first-order valence-electron chi connectivity index (χ1n) is 9.10. The zero-order valence-electron chi connectivity index (χ0n) is 16.0. The highest BCUT2D eigenvalue weighted by Crippen LogP contribution is 2.31. The van der Waals surface area contributed by atoms with Crippen LogP contribution < -0.4 is 0 Å². The fraction of sp³-hybridized carbons (Fsp3) is 0.368. The number of esters is 2. The van der Waals surface area contributed by atoms with Gasteiger partial charge in [-0.05, 0) is 26.8 Å². The van der Waals surface area contributed by atoms with Gasteiger partial charge in [-0.3, -0.25) is 9.59 Å². The molecule has 0 aliphatic carbocycles. The van der Waals surface area contributed by atoms with E-state index in [0.29, 0.717) is 17.5 Å². The van der Waals surface area contributed by atoms with E-state index in [0.717, 1.165) is 28.2 Å². The van der Waals surface area contributed by atoms with Gasteiger partial charge in [-0.15, -0.1) is 10.2 Å². The van der Waals surface area contributed by atoms with Crippen LogP contribution in [0, 0.1) is 0 Å². The Hall–Kier alpha value is -2.81. The second-order valence-corrected chi connectivity index (χ2v) is 6.87. The molecule has 3 rings (SSSR count). The first-order valence-corrected chi connectivity index (χ1v) is 9.98. The van der Waals surface area contributed by atoms with Crippen molar-refractivity contribution in [1.82, 2.24) is 19.7 Å². The number of nitrogens with zero attached hydrogens (tertiary/aromatic N) is 3. The van der Waals surface area contributed by atoms with Gasteiger partial charge in [0.25, 0.3) is 0 Å². The number of aromatic nitrogens is 4. The van der Waals surface area contributed by atoms with Crippen molar-refractivity contribution in [1.29, 1.82) is 0 Å². The van der Waals surface area contributed by atoms with Crippen LogP contribution in [0.25, 0.3) is 22.3 Å². The van der Waals surface area contributed by atoms with Crippen LogP contribution in [-0.4, -0.2) is 50.2 Å². The van der Waals surface area contributed by atoms with E-state index < -0.39 is 17.2 Å². The lowest BCUT2D eigenvalue weighted by Gasteiger charge is -2.14. The van der Waals surface area contributed by atoms with Crippen molar-refractivity contribution in [3.05, 3.63) is 30.5 Å². The van der Waals surface area contributed by atoms with E-state index in [9.17, 15) is 9.59 Å². The van der Waals surface area contributed by atoms with Gasteiger partial charge in [0.05, 0.1) is 13.2 Å². The van der Waals surface area contributed by atoms with Gasteiger partial charge in [-0.25, -0.2) is 0 Å². The van der Waals surface area contributed by atoms with Crippen LogP contribution >= 0.6 is 11.8 Å². The summed E-state index contributed by atoms with van der Waals surface area (Å²) in [5.41, 5.74) is 1.90. The molecule has 0 aliphatic heterocycles. The van der Waals surface area contributed by atoms with Gasteiger partial charge in [0, 0.05) is 29.2 Å². The quantitative estimate of drug-likeness (QED) is 0.351. The molecule has 1 N–H and O–H groups in total. The number of aromatic amines is 1. The van der Waals surface area contributed by atoms with Crippen molar-refractivity contribution in [2.24, 2.45) is 0 Å². The third kappa shape index (κ3) is 3.89. The minimum atomic E-state index is -1.15. The Morgan fingerprint density at radius 2 is 1.79 bits per heavy atom. The van der Waals surface area contributed by atoms with Crippen LogP contribution in [0.5, 0.6) is 0 Å². The van der Waals surface area contributed by atoms with Gasteiger partial charge in [-0.1, -0.05) is 30.0 Å². The summed E-state index contributed by atoms with van der Waals surface area (Å²) in [7, 11) is 0. The van der Waals surface area contributed by atoms with Gasteiger partial charge in [-0.2, -0.15) is 0 Å². The number of fused-ring (bicyclic) bond motifs is 1. The van der Waals surface area contributed by atoms with Gasteiger partial charge >= 0.3 is 11.9 Å². The number of para-hydroxylation sites is 1. The standard InChI is InChI=1S/C19H22N4O4S/c1-4-23-16(13-11-20-14-10-8-7-9-12(13)14)21-22-19(23)28-15(17(24)26-5-2)18(25)27-6-3/h7-11,15,20H,4-6H2,1-3H3. The number of H-pyrrole nitrogens is 1. The zero-order valence-corrected chi connectivity index (χ0v) is 16.8. The molecular formula is C19H22N4O4S. The summed E-state index contributed by atoms with van der Waals surface area (Å²) in [5.74, 6) is -0.635. The summed E-state index contributed by atoms with van der Waals surface area (Å²) >= 11 is 0.990. The molecule has 0 radical (unpaired) electrons. The van der Waals surface area contributed by atoms with E-state index in [1.165, 1.54) is 0 Å². The number of nitrogens with one attached hydrogen (secondary N) is 1. The number of thioether (sulfide) groups is 1. The molecule has 8 nitrogen and oxygen atoms in total. The number of carbonyl (C=O) groups excluding carboxylic acids is 2. The summed E-state index contributed by atoms with van der Waals surface area (Å²) in [6.45, 7) is 6.26. The fourth-order valence-corrected chi connectivity index (χ4v) is 3.82. The molecule has 3 aromatic rings. The summed E-state index contributed by atoms with van der Waals surface area (Å²) in [5, 5.41) is 8.86. The molecule has 2 aromatic heterocycles. The molecule has 0 unspecified atom stereocenters. The fourth-order valence-electron chi connectivity index (χ4n) is 2.85. The number of carbonyl (C=O) groups is 2. The van der Waals surface area contributed by atoms with Crippen molar-refractivity contribution < 1.29 is 19.1 Å². The topological polar surface area (TPSA) is 99.1 Å². The van der Waals surface area contributed by atoms with E-state index in [1.54, 1.807) is 13.8 Å². The second kappa shape index (κ2) is 8.92. The van der Waals surface area contributed by atoms with Gasteiger partial charge in [0.15, 0.2) is 11.0 Å². The lowest BCUT2D eigenvalue weighted by Crippen LogP contribution is -2.31. The molecule has 148 valence electrons. The molecular weight excluding hydrogens is 380 g/mol. The van der Waals surface area contributed by atoms with E-state index in [2.05, 4.69) is 15.2 Å². The molecule has 0 spiro atoms. The average Bonchev–Trinajstić information content (AvgIpc) is 3.29. The van der Waals surface area contributed by atoms with Crippen molar-refractivity contribution in [3.63, 3.8) is 0 Å². The second-order valence-electron chi connectivity index (χ2n) is 5.80. The van der Waals surface area contributed by atoms with Crippen molar-refractivity contribution in [3.8, 4) is 11.4 Å². The Kier molecular flexibility index (Phi) is 6.35. The molecule has 0 saturated heterocycles. The van der Waals surface area contributed by atoms with Crippen LogP contribution in [0.3, 0.4) is 0 Å². The number of benzene rings is 1. The molecule has 28 heavy (non-hydrogen) atoms. The Bertz CT molecular complexity index is 963. The van der Waals surface area contributed by atoms with Crippen molar-refractivity contribution in [2.75, 3.05) is 13.2 Å². The average molecular weight is 402 g/mol. The number of hydrogen-bond donors (Lipinski definition) is 1. The Balaban J connectivity index is 1.96. The van der Waals surface area contributed by atoms with Gasteiger partial charge in [0.1, 0.15) is 0 Å². The summed E-state index contributed by atoms with van der Waals surface area (Å²) < 4.78 is 11.9. The molecule has 0 fully saturated rings. The largest absolute Gasteiger partial charge is 0.465 e. The summed E-state index contributed by atoms with van der Waals surface area (Å²) in [6.07, 6.45) is 1.88. The van der Waals surface area contributed by atoms with Crippen molar-refractivity contribution in [2.45, 2.75) is 37.7 Å². The molecule has 1 aromatic carbocycles. The first-order chi connectivity index (χ1) is 13.6. The normalized spacial score (nSPS) is 11.1. The Labute approximate surface area is 166 Å². The lowest BCUT2D eigenvalue weighted by molar-refractivity contribution is -0.152. The lowest BCUT2D eigenvalue weighted by atomic mass is 10.1. The van der Waals surface area contributed by atoms with Crippen LogP contribution in [0.15, 0.2) is 35.6 Å².